The summed E-state index contributed by atoms with van der Waals surface area (Å²) in [7, 11) is 0. The van der Waals surface area contributed by atoms with Gasteiger partial charge in [-0.25, -0.2) is 0 Å². The van der Waals surface area contributed by atoms with E-state index < -0.39 is 0 Å². The van der Waals surface area contributed by atoms with Crippen molar-refractivity contribution in [3.05, 3.63) is 11.7 Å². The molecule has 3 rings (SSSR count). The molecule has 1 atom stereocenters. The lowest BCUT2D eigenvalue weighted by Crippen LogP contribution is -2.37. The monoisotopic (exact) mass is 287 g/mol. The average Bonchev–Trinajstić information content (AvgIpc) is 3.00. The predicted molar refractivity (Wildman–Crippen MR) is 73.3 cm³/mol. The zero-order chi connectivity index (χ0) is 12.4. The SMILES string of the molecule is Cl.NC1(c2noc(C3CCOC3)n2)CCCCCC1. The van der Waals surface area contributed by atoms with Gasteiger partial charge in [0.25, 0.3) is 0 Å². The molecular formula is C13H22ClN3O2. The van der Waals surface area contributed by atoms with Crippen molar-refractivity contribution in [1.82, 2.24) is 10.1 Å². The zero-order valence-electron chi connectivity index (χ0n) is 11.1. The molecule has 0 radical (unpaired) electrons. The van der Waals surface area contributed by atoms with Gasteiger partial charge >= 0.3 is 0 Å². The molecule has 2 N–H and O–H groups in total. The summed E-state index contributed by atoms with van der Waals surface area (Å²) in [5.41, 5.74) is 6.10. The van der Waals surface area contributed by atoms with Crippen molar-refractivity contribution in [1.29, 1.82) is 0 Å². The topological polar surface area (TPSA) is 74.2 Å². The van der Waals surface area contributed by atoms with Crippen molar-refractivity contribution in [3.8, 4) is 0 Å². The second-order valence-electron chi connectivity index (χ2n) is 5.59. The molecule has 108 valence electrons. The van der Waals surface area contributed by atoms with Crippen molar-refractivity contribution in [3.63, 3.8) is 0 Å². The molecule has 2 fully saturated rings. The fourth-order valence-electron chi connectivity index (χ4n) is 2.92. The highest BCUT2D eigenvalue weighted by molar-refractivity contribution is 5.85. The largest absolute Gasteiger partial charge is 0.381 e. The van der Waals surface area contributed by atoms with Crippen LogP contribution in [0.2, 0.25) is 0 Å². The van der Waals surface area contributed by atoms with Crippen molar-refractivity contribution < 1.29 is 9.26 Å². The second kappa shape index (κ2) is 6.20. The van der Waals surface area contributed by atoms with Crippen molar-refractivity contribution in [2.45, 2.75) is 56.4 Å². The zero-order valence-corrected chi connectivity index (χ0v) is 12.0. The number of nitrogens with zero attached hydrogens (tertiary/aromatic N) is 2. The van der Waals surface area contributed by atoms with E-state index in [0.29, 0.717) is 18.3 Å². The van der Waals surface area contributed by atoms with Crippen LogP contribution in [0.3, 0.4) is 0 Å². The first-order valence-corrected chi connectivity index (χ1v) is 6.99. The second-order valence-corrected chi connectivity index (χ2v) is 5.59. The molecule has 2 aliphatic rings. The maximum absolute atomic E-state index is 6.48. The Morgan fingerprint density at radius 1 is 1.16 bits per heavy atom. The van der Waals surface area contributed by atoms with Crippen LogP contribution >= 0.6 is 12.4 Å². The number of rotatable bonds is 2. The predicted octanol–water partition coefficient (Wildman–Crippen LogP) is 2.50. The van der Waals surface area contributed by atoms with Gasteiger partial charge in [-0.15, -0.1) is 12.4 Å². The van der Waals surface area contributed by atoms with Crippen LogP contribution in [0, 0.1) is 0 Å². The fourth-order valence-corrected chi connectivity index (χ4v) is 2.92. The Bertz CT molecular complexity index is 396. The number of nitrogens with two attached hydrogens (primary N) is 1. The third-order valence-corrected chi connectivity index (χ3v) is 4.16. The molecule has 1 aliphatic heterocycles. The highest BCUT2D eigenvalue weighted by atomic mass is 35.5. The van der Waals surface area contributed by atoms with E-state index in [2.05, 4.69) is 10.1 Å². The molecule has 1 unspecified atom stereocenters. The third kappa shape index (κ3) is 3.09. The first-order chi connectivity index (χ1) is 8.78. The first kappa shape index (κ1) is 14.8. The molecule has 1 aliphatic carbocycles. The van der Waals surface area contributed by atoms with Crippen LogP contribution in [-0.4, -0.2) is 23.4 Å². The highest BCUT2D eigenvalue weighted by Gasteiger charge is 2.34. The summed E-state index contributed by atoms with van der Waals surface area (Å²) in [6.45, 7) is 1.48. The summed E-state index contributed by atoms with van der Waals surface area (Å²) < 4.78 is 10.7. The van der Waals surface area contributed by atoms with E-state index in [0.717, 1.165) is 38.7 Å². The molecule has 0 bridgehead atoms. The maximum atomic E-state index is 6.48. The van der Waals surface area contributed by atoms with Gasteiger partial charge < -0.3 is 15.0 Å². The van der Waals surface area contributed by atoms with Gasteiger partial charge in [0.15, 0.2) is 5.82 Å². The molecule has 5 nitrogen and oxygen atoms in total. The van der Waals surface area contributed by atoms with Crippen LogP contribution < -0.4 is 5.73 Å². The normalized spacial score (nSPS) is 26.7. The Hall–Kier alpha value is -0.650. The van der Waals surface area contributed by atoms with Crippen molar-refractivity contribution in [2.24, 2.45) is 5.73 Å². The molecule has 0 amide bonds. The number of ether oxygens (including phenoxy) is 1. The van der Waals surface area contributed by atoms with Crippen LogP contribution in [0.4, 0.5) is 0 Å². The summed E-state index contributed by atoms with van der Waals surface area (Å²) in [5, 5.41) is 4.13. The van der Waals surface area contributed by atoms with E-state index in [-0.39, 0.29) is 23.9 Å². The quantitative estimate of drug-likeness (QED) is 0.846. The standard InChI is InChI=1S/C13H21N3O2.ClH/c14-13(6-3-1-2-4-7-13)12-15-11(18-16-12)10-5-8-17-9-10;/h10H,1-9,14H2;1H. The smallest absolute Gasteiger partial charge is 0.232 e. The minimum Gasteiger partial charge on any atom is -0.381 e. The minimum atomic E-state index is -0.377. The molecule has 1 aromatic heterocycles. The average molecular weight is 288 g/mol. The maximum Gasteiger partial charge on any atom is 0.232 e. The van der Waals surface area contributed by atoms with Crippen LogP contribution in [0.25, 0.3) is 0 Å². The Morgan fingerprint density at radius 3 is 2.53 bits per heavy atom. The summed E-state index contributed by atoms with van der Waals surface area (Å²) in [5.74, 6) is 1.67. The summed E-state index contributed by atoms with van der Waals surface area (Å²) in [4.78, 5) is 4.55. The van der Waals surface area contributed by atoms with E-state index >= 15 is 0 Å². The van der Waals surface area contributed by atoms with Gasteiger partial charge in [-0.05, 0) is 19.3 Å². The molecular weight excluding hydrogens is 266 g/mol. The van der Waals surface area contributed by atoms with Crippen LogP contribution in [-0.2, 0) is 10.3 Å². The fraction of sp³-hybridized carbons (Fsp3) is 0.846. The van der Waals surface area contributed by atoms with Gasteiger partial charge in [0.2, 0.25) is 5.89 Å². The molecule has 6 heteroatoms. The van der Waals surface area contributed by atoms with Gasteiger partial charge in [0.1, 0.15) is 0 Å². The lowest BCUT2D eigenvalue weighted by molar-refractivity contribution is 0.189. The number of aromatic nitrogens is 2. The highest BCUT2D eigenvalue weighted by Crippen LogP contribution is 2.33. The lowest BCUT2D eigenvalue weighted by atomic mass is 9.91. The van der Waals surface area contributed by atoms with Crippen LogP contribution in [0.1, 0.15) is 62.6 Å². The van der Waals surface area contributed by atoms with Gasteiger partial charge in [-0.3, -0.25) is 0 Å². The van der Waals surface area contributed by atoms with Crippen LogP contribution in [0.5, 0.6) is 0 Å². The van der Waals surface area contributed by atoms with Gasteiger partial charge in [0.05, 0.1) is 18.1 Å². The minimum absolute atomic E-state index is 0. The van der Waals surface area contributed by atoms with Crippen LogP contribution in [0.15, 0.2) is 4.52 Å². The molecule has 19 heavy (non-hydrogen) atoms. The van der Waals surface area contributed by atoms with E-state index in [4.69, 9.17) is 15.0 Å². The molecule has 1 saturated carbocycles. The molecule has 0 aromatic carbocycles. The van der Waals surface area contributed by atoms with Gasteiger partial charge in [-0.2, -0.15) is 4.98 Å². The van der Waals surface area contributed by atoms with E-state index in [9.17, 15) is 0 Å². The summed E-state index contributed by atoms with van der Waals surface area (Å²) in [6, 6.07) is 0. The molecule has 0 spiro atoms. The van der Waals surface area contributed by atoms with E-state index in [1.807, 2.05) is 0 Å². The van der Waals surface area contributed by atoms with E-state index in [1.54, 1.807) is 0 Å². The van der Waals surface area contributed by atoms with Crippen molar-refractivity contribution >= 4 is 12.4 Å². The Labute approximate surface area is 119 Å². The Morgan fingerprint density at radius 2 is 1.89 bits per heavy atom. The number of hydrogen-bond acceptors (Lipinski definition) is 5. The first-order valence-electron chi connectivity index (χ1n) is 6.99. The molecule has 2 heterocycles. The summed E-state index contributed by atoms with van der Waals surface area (Å²) >= 11 is 0. The lowest BCUT2D eigenvalue weighted by Gasteiger charge is -2.23. The number of hydrogen-bond donors (Lipinski definition) is 1. The summed E-state index contributed by atoms with van der Waals surface area (Å²) in [6.07, 6.45) is 7.75. The van der Waals surface area contributed by atoms with E-state index in [1.165, 1.54) is 12.8 Å². The third-order valence-electron chi connectivity index (χ3n) is 4.16. The van der Waals surface area contributed by atoms with Gasteiger partial charge in [-0.1, -0.05) is 30.8 Å². The molecule has 1 aromatic rings. The molecule has 1 saturated heterocycles. The Balaban J connectivity index is 0.00000133. The van der Waals surface area contributed by atoms with Gasteiger partial charge in [0, 0.05) is 6.61 Å². The Kier molecular flexibility index (Phi) is 4.81. The number of halogens is 1. The van der Waals surface area contributed by atoms with Crippen molar-refractivity contribution in [2.75, 3.05) is 13.2 Å².